The van der Waals surface area contributed by atoms with E-state index in [1.54, 1.807) is 0 Å². The Morgan fingerprint density at radius 3 is 2.36 bits per heavy atom. The van der Waals surface area contributed by atoms with Gasteiger partial charge in [-0.1, -0.05) is 0 Å². The quantitative estimate of drug-likeness (QED) is 0.801. The molecule has 6 heteroatoms. The van der Waals surface area contributed by atoms with E-state index in [0.717, 1.165) is 24.5 Å². The van der Waals surface area contributed by atoms with Gasteiger partial charge in [-0.3, -0.25) is 0 Å². The molecule has 0 amide bonds. The lowest BCUT2D eigenvalue weighted by Crippen LogP contribution is -2.03. The largest absolute Gasteiger partial charge is 0.478 e. The molecule has 4 nitrogen and oxygen atoms in total. The van der Waals surface area contributed by atoms with Gasteiger partial charge in [-0.15, -0.1) is 0 Å². The van der Waals surface area contributed by atoms with Crippen LogP contribution in [0.2, 0.25) is 0 Å². The van der Waals surface area contributed by atoms with Gasteiger partial charge in [0.1, 0.15) is 5.82 Å². The first-order chi connectivity index (χ1) is 6.30. The van der Waals surface area contributed by atoms with Crippen molar-refractivity contribution in [3.63, 3.8) is 0 Å². The molecule has 76 valence electrons. The molecule has 0 radical (unpaired) electrons. The monoisotopic (exact) mass is 218 g/mol. The number of aromatic carboxylic acids is 1. The lowest BCUT2D eigenvalue weighted by molar-refractivity contribution is 0.0696. The highest BCUT2D eigenvalue weighted by molar-refractivity contribution is 7.90. The molecule has 14 heavy (non-hydrogen) atoms. The summed E-state index contributed by atoms with van der Waals surface area (Å²) in [5, 5.41) is 8.54. The van der Waals surface area contributed by atoms with Crippen LogP contribution >= 0.6 is 0 Å². The first-order valence-electron chi connectivity index (χ1n) is 3.54. The molecule has 0 aliphatic heterocycles. The number of carboxylic acid groups (broad SMARTS) is 1. The summed E-state index contributed by atoms with van der Waals surface area (Å²) >= 11 is 0. The third kappa shape index (κ3) is 2.29. The zero-order chi connectivity index (χ0) is 10.9. The van der Waals surface area contributed by atoms with Crippen molar-refractivity contribution in [3.8, 4) is 0 Å². The lowest BCUT2D eigenvalue weighted by Gasteiger charge is -2.00. The number of halogens is 1. The number of sulfone groups is 1. The standard InChI is InChI=1S/C8H7FO4S/c1-14(12,13)7-3-5(8(10)11)2-6(9)4-7/h2-4H,1H3,(H,10,11). The van der Waals surface area contributed by atoms with Crippen LogP contribution in [0.25, 0.3) is 0 Å². The Balaban J connectivity index is 3.43. The summed E-state index contributed by atoms with van der Waals surface area (Å²) in [6.07, 6.45) is 0.882. The molecule has 0 fully saturated rings. The molecular weight excluding hydrogens is 211 g/mol. The van der Waals surface area contributed by atoms with E-state index in [2.05, 4.69) is 0 Å². The van der Waals surface area contributed by atoms with Gasteiger partial charge < -0.3 is 5.11 Å². The maximum Gasteiger partial charge on any atom is 0.335 e. The van der Waals surface area contributed by atoms with Crippen LogP contribution in [0.5, 0.6) is 0 Å². The predicted octanol–water partition coefficient (Wildman–Crippen LogP) is 0.927. The molecule has 0 aromatic heterocycles. The minimum atomic E-state index is -3.58. The van der Waals surface area contributed by atoms with Gasteiger partial charge in [-0.2, -0.15) is 0 Å². The number of benzene rings is 1. The molecule has 0 heterocycles. The van der Waals surface area contributed by atoms with Crippen molar-refractivity contribution in [1.82, 2.24) is 0 Å². The molecule has 1 aromatic carbocycles. The van der Waals surface area contributed by atoms with Gasteiger partial charge in [0.15, 0.2) is 9.84 Å². The minimum absolute atomic E-state index is 0.338. The van der Waals surface area contributed by atoms with Gasteiger partial charge in [0.25, 0.3) is 0 Å². The van der Waals surface area contributed by atoms with Crippen LogP contribution in [0.15, 0.2) is 23.1 Å². The Morgan fingerprint density at radius 1 is 1.36 bits per heavy atom. The SMILES string of the molecule is CS(=O)(=O)c1cc(F)cc(C(=O)O)c1. The Labute approximate surface area is 79.9 Å². The van der Waals surface area contributed by atoms with E-state index in [1.165, 1.54) is 0 Å². The molecule has 0 saturated heterocycles. The fraction of sp³-hybridized carbons (Fsp3) is 0.125. The van der Waals surface area contributed by atoms with Gasteiger partial charge in [0, 0.05) is 6.26 Å². The van der Waals surface area contributed by atoms with Gasteiger partial charge in [-0.05, 0) is 18.2 Å². The molecule has 0 bridgehead atoms. The molecule has 0 aliphatic rings. The lowest BCUT2D eigenvalue weighted by atomic mass is 10.2. The van der Waals surface area contributed by atoms with Crippen molar-refractivity contribution in [2.45, 2.75) is 4.90 Å². The molecule has 0 atom stereocenters. The summed E-state index contributed by atoms with van der Waals surface area (Å²) in [4.78, 5) is 10.1. The Kier molecular flexibility index (Phi) is 2.57. The van der Waals surface area contributed by atoms with Crippen LogP contribution in [-0.4, -0.2) is 25.7 Å². The van der Waals surface area contributed by atoms with Crippen LogP contribution in [0.4, 0.5) is 4.39 Å². The summed E-state index contributed by atoms with van der Waals surface area (Å²) in [6.45, 7) is 0. The van der Waals surface area contributed by atoms with E-state index in [-0.39, 0.29) is 10.5 Å². The topological polar surface area (TPSA) is 71.4 Å². The van der Waals surface area contributed by atoms with Crippen LogP contribution < -0.4 is 0 Å². The highest BCUT2D eigenvalue weighted by Crippen LogP contribution is 2.14. The molecule has 0 spiro atoms. The van der Waals surface area contributed by atoms with Crippen LogP contribution in [-0.2, 0) is 9.84 Å². The van der Waals surface area contributed by atoms with Crippen molar-refractivity contribution in [2.75, 3.05) is 6.26 Å². The van der Waals surface area contributed by atoms with E-state index in [1.807, 2.05) is 0 Å². The average Bonchev–Trinajstić information content (AvgIpc) is 2.01. The number of hydrogen-bond acceptors (Lipinski definition) is 3. The molecular formula is C8H7FO4S. The number of carbonyl (C=O) groups is 1. The normalized spacial score (nSPS) is 11.3. The molecule has 1 aromatic rings. The number of carboxylic acids is 1. The van der Waals surface area contributed by atoms with E-state index in [9.17, 15) is 17.6 Å². The minimum Gasteiger partial charge on any atom is -0.478 e. The molecule has 0 saturated carbocycles. The van der Waals surface area contributed by atoms with Crippen molar-refractivity contribution < 1.29 is 22.7 Å². The molecule has 0 unspecified atom stereocenters. The zero-order valence-corrected chi connectivity index (χ0v) is 8.01. The average molecular weight is 218 g/mol. The zero-order valence-electron chi connectivity index (χ0n) is 7.19. The highest BCUT2D eigenvalue weighted by atomic mass is 32.2. The van der Waals surface area contributed by atoms with Crippen LogP contribution in [0.1, 0.15) is 10.4 Å². The highest BCUT2D eigenvalue weighted by Gasteiger charge is 2.13. The Morgan fingerprint density at radius 2 is 1.93 bits per heavy atom. The second-order valence-corrected chi connectivity index (χ2v) is 4.77. The first-order valence-corrected chi connectivity index (χ1v) is 5.44. The fourth-order valence-corrected chi connectivity index (χ4v) is 1.57. The number of rotatable bonds is 2. The van der Waals surface area contributed by atoms with Crippen molar-refractivity contribution >= 4 is 15.8 Å². The maximum absolute atomic E-state index is 12.8. The van der Waals surface area contributed by atoms with Crippen LogP contribution in [0, 0.1) is 5.82 Å². The van der Waals surface area contributed by atoms with Gasteiger partial charge in [0.2, 0.25) is 0 Å². The van der Waals surface area contributed by atoms with E-state index in [0.29, 0.717) is 0 Å². The van der Waals surface area contributed by atoms with Gasteiger partial charge in [0.05, 0.1) is 10.5 Å². The maximum atomic E-state index is 12.8. The summed E-state index contributed by atoms with van der Waals surface area (Å²) in [5.41, 5.74) is -0.384. The summed E-state index contributed by atoms with van der Waals surface area (Å²) in [5.74, 6) is -2.25. The number of hydrogen-bond donors (Lipinski definition) is 1. The summed E-state index contributed by atoms with van der Waals surface area (Å²) in [7, 11) is -3.58. The van der Waals surface area contributed by atoms with E-state index >= 15 is 0 Å². The Bertz CT molecular complexity index is 478. The summed E-state index contributed by atoms with van der Waals surface area (Å²) < 4.78 is 34.8. The van der Waals surface area contributed by atoms with E-state index in [4.69, 9.17) is 5.11 Å². The molecule has 1 N–H and O–H groups in total. The van der Waals surface area contributed by atoms with Crippen LogP contribution in [0.3, 0.4) is 0 Å². The predicted molar refractivity (Wildman–Crippen MR) is 46.5 cm³/mol. The van der Waals surface area contributed by atoms with Crippen molar-refractivity contribution in [2.24, 2.45) is 0 Å². The van der Waals surface area contributed by atoms with Crippen molar-refractivity contribution in [3.05, 3.63) is 29.6 Å². The third-order valence-corrected chi connectivity index (χ3v) is 2.64. The second kappa shape index (κ2) is 3.38. The van der Waals surface area contributed by atoms with Gasteiger partial charge in [-0.25, -0.2) is 17.6 Å². The smallest absolute Gasteiger partial charge is 0.335 e. The first kappa shape index (κ1) is 10.6. The molecule has 0 aliphatic carbocycles. The Hall–Kier alpha value is -1.43. The third-order valence-electron chi connectivity index (χ3n) is 1.55. The summed E-state index contributed by atoms with van der Waals surface area (Å²) in [6, 6.07) is 2.46. The van der Waals surface area contributed by atoms with E-state index < -0.39 is 21.6 Å². The second-order valence-electron chi connectivity index (χ2n) is 2.75. The van der Waals surface area contributed by atoms with Gasteiger partial charge >= 0.3 is 5.97 Å². The van der Waals surface area contributed by atoms with Crippen molar-refractivity contribution in [1.29, 1.82) is 0 Å². The molecule has 1 rings (SSSR count). The fourth-order valence-electron chi connectivity index (χ4n) is 0.900.